The molecule has 36 heavy (non-hydrogen) atoms. The van der Waals surface area contributed by atoms with Crippen molar-refractivity contribution >= 4 is 10.8 Å². The molecule has 0 saturated carbocycles. The molecule has 0 aliphatic rings. The molecule has 0 aromatic heterocycles. The lowest BCUT2D eigenvalue weighted by molar-refractivity contribution is 1.56. The van der Waals surface area contributed by atoms with Gasteiger partial charge in [0.15, 0.2) is 0 Å². The van der Waals surface area contributed by atoms with Crippen molar-refractivity contribution in [3.63, 3.8) is 0 Å². The van der Waals surface area contributed by atoms with Gasteiger partial charge in [-0.2, -0.15) is 0 Å². The van der Waals surface area contributed by atoms with Crippen molar-refractivity contribution in [3.05, 3.63) is 157 Å². The lowest BCUT2D eigenvalue weighted by Gasteiger charge is -2.12. The highest BCUT2D eigenvalue weighted by molar-refractivity contribution is 5.88. The van der Waals surface area contributed by atoms with Gasteiger partial charge in [0, 0.05) is 11.1 Å². The minimum Gasteiger partial charge on any atom is -0.0622 e. The summed E-state index contributed by atoms with van der Waals surface area (Å²) < 4.78 is 0. The molecule has 0 unspecified atom stereocenters. The van der Waals surface area contributed by atoms with Gasteiger partial charge in [0.25, 0.3) is 0 Å². The Morgan fingerprint density at radius 1 is 0.333 bits per heavy atom. The van der Waals surface area contributed by atoms with Crippen LogP contribution in [0.3, 0.4) is 0 Å². The highest BCUT2D eigenvalue weighted by atomic mass is 14.1. The maximum absolute atomic E-state index is 3.44. The smallest absolute Gasteiger partial charge is 0.0327 e. The first-order valence-corrected chi connectivity index (χ1v) is 12.2. The average molecular weight is 457 g/mol. The van der Waals surface area contributed by atoms with Crippen molar-refractivity contribution in [2.24, 2.45) is 0 Å². The normalized spacial score (nSPS) is 10.6. The summed E-state index contributed by atoms with van der Waals surface area (Å²) in [5.74, 6) is 6.83. The highest BCUT2D eigenvalue weighted by Gasteiger charge is 2.09. The van der Waals surface area contributed by atoms with Crippen LogP contribution in [-0.2, 0) is 0 Å². The van der Waals surface area contributed by atoms with E-state index < -0.39 is 0 Å². The maximum Gasteiger partial charge on any atom is 0.0327 e. The van der Waals surface area contributed by atoms with Crippen molar-refractivity contribution < 1.29 is 0 Å². The Hall–Kier alpha value is -4.86. The minimum absolute atomic E-state index is 1.01. The second kappa shape index (κ2) is 9.79. The summed E-state index contributed by atoms with van der Waals surface area (Å²) in [5.41, 5.74) is 9.22. The Morgan fingerprint density at radius 2 is 0.944 bits per heavy atom. The summed E-state index contributed by atoms with van der Waals surface area (Å²) in [4.78, 5) is 0. The summed E-state index contributed by atoms with van der Waals surface area (Å²) >= 11 is 0. The van der Waals surface area contributed by atoms with Gasteiger partial charge in [-0.1, -0.05) is 133 Å². The van der Waals surface area contributed by atoms with E-state index in [1.54, 1.807) is 0 Å². The second-order valence-corrected chi connectivity index (χ2v) is 8.85. The molecular weight excluding hydrogens is 432 g/mol. The number of fused-ring (bicyclic) bond motifs is 1. The van der Waals surface area contributed by atoms with E-state index in [9.17, 15) is 0 Å². The first-order chi connectivity index (χ1) is 17.8. The molecule has 0 bridgehead atoms. The van der Waals surface area contributed by atoms with Crippen molar-refractivity contribution in [1.29, 1.82) is 0 Å². The molecule has 6 rings (SSSR count). The Morgan fingerprint density at radius 3 is 1.75 bits per heavy atom. The highest BCUT2D eigenvalue weighted by Crippen LogP contribution is 2.33. The minimum atomic E-state index is 1.01. The largest absolute Gasteiger partial charge is 0.0622 e. The van der Waals surface area contributed by atoms with Crippen molar-refractivity contribution in [3.8, 4) is 45.2 Å². The van der Waals surface area contributed by atoms with E-state index >= 15 is 0 Å². The molecule has 6 aromatic rings. The zero-order chi connectivity index (χ0) is 24.2. The molecular formula is C36H24. The van der Waals surface area contributed by atoms with Gasteiger partial charge >= 0.3 is 0 Å². The summed E-state index contributed by atoms with van der Waals surface area (Å²) in [6.07, 6.45) is 0. The fourth-order valence-corrected chi connectivity index (χ4v) is 4.67. The van der Waals surface area contributed by atoms with Crippen LogP contribution in [0.1, 0.15) is 11.1 Å². The first-order valence-electron chi connectivity index (χ1n) is 12.2. The zero-order valence-electron chi connectivity index (χ0n) is 19.9. The zero-order valence-corrected chi connectivity index (χ0v) is 19.9. The fraction of sp³-hybridized carbons (Fsp3) is 0. The number of hydrogen-bond donors (Lipinski definition) is 0. The van der Waals surface area contributed by atoms with Crippen LogP contribution in [0.15, 0.2) is 146 Å². The van der Waals surface area contributed by atoms with Crippen LogP contribution in [0.2, 0.25) is 0 Å². The van der Waals surface area contributed by atoms with Crippen LogP contribution in [0.5, 0.6) is 0 Å². The first kappa shape index (κ1) is 21.7. The molecule has 0 N–H and O–H groups in total. The lowest BCUT2D eigenvalue weighted by atomic mass is 9.92. The molecule has 0 atom stereocenters. The Kier molecular flexibility index (Phi) is 5.89. The van der Waals surface area contributed by atoms with Crippen LogP contribution >= 0.6 is 0 Å². The van der Waals surface area contributed by atoms with Gasteiger partial charge in [-0.25, -0.2) is 0 Å². The maximum atomic E-state index is 3.44. The predicted molar refractivity (Wildman–Crippen MR) is 153 cm³/mol. The molecule has 0 aliphatic carbocycles. The molecule has 168 valence electrons. The van der Waals surface area contributed by atoms with Crippen molar-refractivity contribution in [1.82, 2.24) is 0 Å². The third-order valence-electron chi connectivity index (χ3n) is 6.54. The molecule has 0 nitrogen and oxygen atoms in total. The van der Waals surface area contributed by atoms with Crippen LogP contribution in [0.4, 0.5) is 0 Å². The van der Waals surface area contributed by atoms with Gasteiger partial charge in [-0.15, -0.1) is 0 Å². The Labute approximate surface area is 212 Å². The third-order valence-corrected chi connectivity index (χ3v) is 6.54. The van der Waals surface area contributed by atoms with Crippen LogP contribution in [-0.4, -0.2) is 0 Å². The summed E-state index contributed by atoms with van der Waals surface area (Å²) in [5, 5.41) is 2.52. The molecule has 0 aliphatic heterocycles. The number of rotatable bonds is 3. The van der Waals surface area contributed by atoms with E-state index in [-0.39, 0.29) is 0 Å². The van der Waals surface area contributed by atoms with Gasteiger partial charge in [0.05, 0.1) is 0 Å². The van der Waals surface area contributed by atoms with E-state index in [0.29, 0.717) is 0 Å². The molecule has 0 heterocycles. The summed E-state index contributed by atoms with van der Waals surface area (Å²) in [7, 11) is 0. The van der Waals surface area contributed by atoms with E-state index in [2.05, 4.69) is 157 Å². The number of benzene rings is 6. The number of hydrogen-bond acceptors (Lipinski definition) is 0. The molecule has 0 radical (unpaired) electrons. The third kappa shape index (κ3) is 4.43. The molecule has 0 saturated heterocycles. The van der Waals surface area contributed by atoms with Gasteiger partial charge in [0.2, 0.25) is 0 Å². The van der Waals surface area contributed by atoms with Gasteiger partial charge in [0.1, 0.15) is 0 Å². The molecule has 0 fully saturated rings. The average Bonchev–Trinajstić information content (AvgIpc) is 2.97. The quantitative estimate of drug-likeness (QED) is 0.233. The molecule has 0 spiro atoms. The summed E-state index contributed by atoms with van der Waals surface area (Å²) in [6, 6.07) is 51.1. The summed E-state index contributed by atoms with van der Waals surface area (Å²) in [6.45, 7) is 0. The van der Waals surface area contributed by atoms with Gasteiger partial charge in [-0.3, -0.25) is 0 Å². The van der Waals surface area contributed by atoms with E-state index in [1.165, 1.54) is 38.6 Å². The Balaban J connectivity index is 1.32. The Bertz CT molecular complexity index is 1710. The van der Waals surface area contributed by atoms with Crippen LogP contribution in [0.25, 0.3) is 44.2 Å². The van der Waals surface area contributed by atoms with E-state index in [0.717, 1.165) is 16.7 Å². The monoisotopic (exact) mass is 456 g/mol. The second-order valence-electron chi connectivity index (χ2n) is 8.85. The fourth-order valence-electron chi connectivity index (χ4n) is 4.67. The molecule has 0 heteroatoms. The van der Waals surface area contributed by atoms with E-state index in [4.69, 9.17) is 0 Å². The van der Waals surface area contributed by atoms with E-state index in [1.807, 2.05) is 0 Å². The predicted octanol–water partition coefficient (Wildman–Crippen LogP) is 9.24. The van der Waals surface area contributed by atoms with Crippen LogP contribution in [0, 0.1) is 11.8 Å². The van der Waals surface area contributed by atoms with Crippen LogP contribution < -0.4 is 0 Å². The molecule has 0 amide bonds. The standard InChI is InChI=1S/C36H24/c1-2-11-30(12-3-1)34-16-8-9-17-36(34)35-15-7-6-13-31(35)23-20-27-18-21-29(22-19-27)33-25-24-28-10-4-5-14-32(28)26-33/h1-19,21-22,24-26H. The van der Waals surface area contributed by atoms with Crippen molar-refractivity contribution in [2.75, 3.05) is 0 Å². The topological polar surface area (TPSA) is 0 Å². The lowest BCUT2D eigenvalue weighted by Crippen LogP contribution is -1.88. The molecule has 6 aromatic carbocycles. The SMILES string of the molecule is C(#Cc1ccccc1-c1ccccc1-c1ccccc1)c1ccc(-c2ccc3ccccc3c2)cc1. The van der Waals surface area contributed by atoms with Crippen molar-refractivity contribution in [2.45, 2.75) is 0 Å². The van der Waals surface area contributed by atoms with Gasteiger partial charge in [-0.05, 0) is 68.4 Å². The van der Waals surface area contributed by atoms with Gasteiger partial charge < -0.3 is 0 Å².